The second-order valence-electron chi connectivity index (χ2n) is 12.8. The number of aromatic nitrogens is 2. The molecule has 3 aromatic carbocycles. The van der Waals surface area contributed by atoms with Crippen LogP contribution >= 0.6 is 0 Å². The zero-order valence-electron chi connectivity index (χ0n) is 26.1. The summed E-state index contributed by atoms with van der Waals surface area (Å²) in [7, 11) is 0. The van der Waals surface area contributed by atoms with Crippen molar-refractivity contribution in [2.75, 3.05) is 41.7 Å². The van der Waals surface area contributed by atoms with Crippen LogP contribution in [0.5, 0.6) is 0 Å². The van der Waals surface area contributed by atoms with Gasteiger partial charge in [-0.25, -0.2) is 9.97 Å². The monoisotopic (exact) mass is 615 g/mol. The highest BCUT2D eigenvalue weighted by Crippen LogP contribution is 2.35. The van der Waals surface area contributed by atoms with E-state index in [0.29, 0.717) is 24.1 Å². The molecule has 3 aliphatic rings. The van der Waals surface area contributed by atoms with E-state index >= 15 is 0 Å². The molecule has 0 unspecified atom stereocenters. The van der Waals surface area contributed by atoms with Crippen LogP contribution in [0.15, 0.2) is 85.1 Å². The lowest BCUT2D eigenvalue weighted by Gasteiger charge is -2.33. The second kappa shape index (κ2) is 13.3. The first-order valence-electron chi connectivity index (χ1n) is 16.5. The number of hydrogen-bond donors (Lipinski definition) is 3. The Bertz CT molecular complexity index is 1660. The van der Waals surface area contributed by atoms with E-state index in [9.17, 15) is 9.59 Å². The molecule has 46 heavy (non-hydrogen) atoms. The molecule has 9 nitrogen and oxygen atoms in total. The number of carbonyl (C=O) groups excluding carboxylic acids is 2. The Hall–Kier alpha value is -4.76. The number of nitrogens with zero attached hydrogens (tertiary/aromatic N) is 4. The summed E-state index contributed by atoms with van der Waals surface area (Å²) < 4.78 is 0. The van der Waals surface area contributed by atoms with Crippen molar-refractivity contribution in [2.45, 2.75) is 50.5 Å². The van der Waals surface area contributed by atoms with Gasteiger partial charge in [0.2, 0.25) is 5.91 Å². The van der Waals surface area contributed by atoms with Crippen LogP contribution in [0.25, 0.3) is 11.1 Å². The van der Waals surface area contributed by atoms with Gasteiger partial charge in [0.15, 0.2) is 11.5 Å². The number of anilines is 4. The number of nitrogens with two attached hydrogens (primary N) is 1. The first kappa shape index (κ1) is 29.9. The summed E-state index contributed by atoms with van der Waals surface area (Å²) in [6, 6.07) is 27.3. The summed E-state index contributed by atoms with van der Waals surface area (Å²) in [5, 5.41) is 6.38. The molecule has 0 bridgehead atoms. The molecule has 3 heterocycles. The summed E-state index contributed by atoms with van der Waals surface area (Å²) in [6.07, 6.45) is 8.31. The first-order chi connectivity index (χ1) is 22.5. The lowest BCUT2D eigenvalue weighted by Crippen LogP contribution is -2.41. The SMILES string of the molecule is NC(=O)c1ncc(N2CCC[C@@H](C(=O)Nc3ccc(-c4ccccc4)cc3)C2)nc1Nc1ccc(C2CCN(C3CC3)CC2)cc1. The first-order valence-corrected chi connectivity index (χ1v) is 16.5. The fraction of sp³-hybridized carbons (Fsp3) is 0.351. The van der Waals surface area contributed by atoms with Crippen LogP contribution in [-0.2, 0) is 4.79 Å². The van der Waals surface area contributed by atoms with Crippen molar-refractivity contribution < 1.29 is 9.59 Å². The highest BCUT2D eigenvalue weighted by molar-refractivity contribution is 5.96. The Morgan fingerprint density at radius 2 is 1.48 bits per heavy atom. The zero-order valence-corrected chi connectivity index (χ0v) is 26.1. The largest absolute Gasteiger partial charge is 0.364 e. The molecule has 2 amide bonds. The van der Waals surface area contributed by atoms with Crippen molar-refractivity contribution in [2.24, 2.45) is 11.7 Å². The highest BCUT2D eigenvalue weighted by Gasteiger charge is 2.32. The molecule has 2 saturated heterocycles. The third-order valence-electron chi connectivity index (χ3n) is 9.61. The number of benzene rings is 3. The number of rotatable bonds is 9. The van der Waals surface area contributed by atoms with Gasteiger partial charge in [0, 0.05) is 30.5 Å². The number of likely N-dealkylation sites (tertiary alicyclic amines) is 1. The molecule has 0 spiro atoms. The van der Waals surface area contributed by atoms with Crippen LogP contribution in [0.3, 0.4) is 0 Å². The van der Waals surface area contributed by atoms with Crippen LogP contribution < -0.4 is 21.3 Å². The van der Waals surface area contributed by atoms with E-state index in [-0.39, 0.29) is 17.5 Å². The minimum atomic E-state index is -0.644. The van der Waals surface area contributed by atoms with Crippen LogP contribution in [0.4, 0.5) is 23.0 Å². The molecule has 2 aliphatic heterocycles. The Balaban J connectivity index is 0.997. The van der Waals surface area contributed by atoms with E-state index in [1.54, 1.807) is 6.20 Å². The molecule has 236 valence electrons. The Morgan fingerprint density at radius 1 is 0.783 bits per heavy atom. The Labute approximate surface area is 270 Å². The van der Waals surface area contributed by atoms with E-state index in [2.05, 4.69) is 49.7 Å². The smallest absolute Gasteiger partial charge is 0.271 e. The van der Waals surface area contributed by atoms with E-state index in [1.165, 1.54) is 44.3 Å². The predicted molar refractivity (Wildman–Crippen MR) is 182 cm³/mol. The molecule has 1 atom stereocenters. The van der Waals surface area contributed by atoms with Gasteiger partial charge in [-0.05, 0) is 98.5 Å². The van der Waals surface area contributed by atoms with Crippen LogP contribution in [-0.4, -0.2) is 58.9 Å². The molecular formula is C37H41N7O2. The predicted octanol–water partition coefficient (Wildman–Crippen LogP) is 6.18. The average molecular weight is 616 g/mol. The maximum atomic E-state index is 13.3. The van der Waals surface area contributed by atoms with Gasteiger partial charge in [0.05, 0.1) is 12.1 Å². The topological polar surface area (TPSA) is 116 Å². The van der Waals surface area contributed by atoms with Crippen molar-refractivity contribution in [1.29, 1.82) is 0 Å². The van der Waals surface area contributed by atoms with Crippen molar-refractivity contribution in [3.63, 3.8) is 0 Å². The van der Waals surface area contributed by atoms with Gasteiger partial charge in [0.25, 0.3) is 5.91 Å². The number of primary amides is 1. The Morgan fingerprint density at radius 3 is 2.17 bits per heavy atom. The van der Waals surface area contributed by atoms with Gasteiger partial charge in [0.1, 0.15) is 5.82 Å². The number of piperidine rings is 2. The van der Waals surface area contributed by atoms with Crippen molar-refractivity contribution in [3.05, 3.63) is 96.3 Å². The number of amides is 2. The molecule has 1 aliphatic carbocycles. The summed E-state index contributed by atoms with van der Waals surface area (Å²) in [6.45, 7) is 3.61. The number of nitrogens with one attached hydrogen (secondary N) is 2. The van der Waals surface area contributed by atoms with E-state index in [1.807, 2.05) is 54.6 Å². The van der Waals surface area contributed by atoms with Gasteiger partial charge in [-0.15, -0.1) is 0 Å². The molecule has 0 radical (unpaired) electrons. The molecule has 4 N–H and O–H groups in total. The lowest BCUT2D eigenvalue weighted by molar-refractivity contribution is -0.120. The van der Waals surface area contributed by atoms with Gasteiger partial charge < -0.3 is 26.2 Å². The molecule has 4 aromatic rings. The zero-order chi connectivity index (χ0) is 31.5. The van der Waals surface area contributed by atoms with Gasteiger partial charge in [-0.3, -0.25) is 9.59 Å². The van der Waals surface area contributed by atoms with E-state index in [0.717, 1.165) is 47.9 Å². The lowest BCUT2D eigenvalue weighted by atomic mass is 9.89. The van der Waals surface area contributed by atoms with Gasteiger partial charge in [-0.2, -0.15) is 0 Å². The third kappa shape index (κ3) is 6.89. The van der Waals surface area contributed by atoms with Gasteiger partial charge in [-0.1, -0.05) is 54.6 Å². The normalized spacial score (nSPS) is 19.0. The van der Waals surface area contributed by atoms with E-state index < -0.39 is 5.91 Å². The van der Waals surface area contributed by atoms with Crippen molar-refractivity contribution in [3.8, 4) is 11.1 Å². The van der Waals surface area contributed by atoms with Crippen LogP contribution in [0, 0.1) is 5.92 Å². The fourth-order valence-corrected chi connectivity index (χ4v) is 6.83. The average Bonchev–Trinajstić information content (AvgIpc) is 3.95. The molecule has 1 saturated carbocycles. The second-order valence-corrected chi connectivity index (χ2v) is 12.8. The van der Waals surface area contributed by atoms with Crippen molar-refractivity contribution >= 4 is 34.8 Å². The number of hydrogen-bond acceptors (Lipinski definition) is 7. The van der Waals surface area contributed by atoms with Crippen LogP contribution in [0.1, 0.15) is 60.5 Å². The highest BCUT2D eigenvalue weighted by atomic mass is 16.2. The summed E-state index contributed by atoms with van der Waals surface area (Å²) >= 11 is 0. The quantitative estimate of drug-likeness (QED) is 0.206. The third-order valence-corrected chi connectivity index (χ3v) is 9.61. The summed E-state index contributed by atoms with van der Waals surface area (Å²) in [5.74, 6) is 0.633. The Kier molecular flexibility index (Phi) is 8.66. The minimum absolute atomic E-state index is 0.0180. The summed E-state index contributed by atoms with van der Waals surface area (Å²) in [4.78, 5) is 39.4. The summed E-state index contributed by atoms with van der Waals surface area (Å²) in [5.41, 5.74) is 10.9. The van der Waals surface area contributed by atoms with Gasteiger partial charge >= 0.3 is 0 Å². The molecule has 7 rings (SSSR count). The molecule has 3 fully saturated rings. The molecule has 9 heteroatoms. The van der Waals surface area contributed by atoms with E-state index in [4.69, 9.17) is 10.7 Å². The maximum Gasteiger partial charge on any atom is 0.271 e. The molecular weight excluding hydrogens is 574 g/mol. The van der Waals surface area contributed by atoms with Crippen LogP contribution in [0.2, 0.25) is 0 Å². The van der Waals surface area contributed by atoms with Crippen molar-refractivity contribution in [1.82, 2.24) is 14.9 Å². The fourth-order valence-electron chi connectivity index (χ4n) is 6.83. The standard InChI is InChI=1S/C37H41N7O2/c38-35(45)34-36(40-30-12-8-27(9-13-30)28-18-21-43(22-19-28)32-16-17-32)42-33(23-39-34)44-20-4-7-29(24-44)37(46)41-31-14-10-26(11-15-31)25-5-2-1-3-6-25/h1-3,5-6,8-15,23,28-29,32H,4,7,16-22,24H2,(H2,38,45)(H,40,42)(H,41,46)/t29-/m1/s1. The maximum absolute atomic E-state index is 13.3. The number of carbonyl (C=O) groups is 2. The molecule has 1 aromatic heterocycles. The minimum Gasteiger partial charge on any atom is -0.364 e.